The minimum absolute atomic E-state index is 0.0370. The highest BCUT2D eigenvalue weighted by Gasteiger charge is 2.42. The summed E-state index contributed by atoms with van der Waals surface area (Å²) in [5.41, 5.74) is 4.10. The number of furan rings is 1. The van der Waals surface area contributed by atoms with E-state index in [0.717, 1.165) is 22.6 Å². The monoisotopic (exact) mass is 550 g/mol. The number of amides is 1. The molecule has 2 atom stereocenters. The van der Waals surface area contributed by atoms with Crippen LogP contribution < -0.4 is 15.5 Å². The van der Waals surface area contributed by atoms with Crippen molar-refractivity contribution in [3.05, 3.63) is 100.0 Å². The lowest BCUT2D eigenvalue weighted by Gasteiger charge is -2.27. The number of carbonyl (C=O) groups excluding carboxylic acids is 1. The molecule has 0 aliphatic carbocycles. The number of benzene rings is 2. The van der Waals surface area contributed by atoms with Gasteiger partial charge in [-0.15, -0.1) is 0 Å². The number of pyridine rings is 1. The van der Waals surface area contributed by atoms with Gasteiger partial charge >= 0.3 is 0 Å². The van der Waals surface area contributed by atoms with Gasteiger partial charge in [0.1, 0.15) is 17.6 Å². The molecule has 1 aliphatic rings. The van der Waals surface area contributed by atoms with Crippen LogP contribution in [-0.2, 0) is 4.79 Å². The molecule has 5 rings (SSSR count). The van der Waals surface area contributed by atoms with E-state index in [-0.39, 0.29) is 18.0 Å². The molecule has 1 fully saturated rings. The van der Waals surface area contributed by atoms with Gasteiger partial charge in [-0.1, -0.05) is 42.3 Å². The second-order valence-corrected chi connectivity index (χ2v) is 9.87. The van der Waals surface area contributed by atoms with E-state index in [2.05, 4.69) is 15.6 Å². The van der Waals surface area contributed by atoms with Crippen molar-refractivity contribution >= 4 is 57.8 Å². The van der Waals surface area contributed by atoms with Gasteiger partial charge in [0.25, 0.3) is 0 Å². The second kappa shape index (κ2) is 10.5. The molecule has 1 amide bonds. The number of hydrogen-bond donors (Lipinski definition) is 2. The van der Waals surface area contributed by atoms with Crippen LogP contribution >= 0.6 is 35.4 Å². The fourth-order valence-electron chi connectivity index (χ4n) is 4.45. The SMILES string of the molecule is CCC(=O)Nc1ccc(N2C(=S)N[C@@H](c3ccccn3)[C@@H]2c2ccc(-c3cccc(Cl)c3Cl)o2)cc1C. The maximum atomic E-state index is 11.9. The van der Waals surface area contributed by atoms with Crippen LogP contribution in [-0.4, -0.2) is 16.0 Å². The zero-order chi connectivity index (χ0) is 26.1. The average molecular weight is 551 g/mol. The van der Waals surface area contributed by atoms with E-state index in [1.807, 2.05) is 79.4 Å². The summed E-state index contributed by atoms with van der Waals surface area (Å²) >= 11 is 18.5. The number of halogens is 2. The van der Waals surface area contributed by atoms with E-state index in [4.69, 9.17) is 39.8 Å². The highest BCUT2D eigenvalue weighted by Crippen LogP contribution is 2.44. The van der Waals surface area contributed by atoms with Gasteiger partial charge in [-0.25, -0.2) is 0 Å². The Morgan fingerprint density at radius 2 is 1.97 bits per heavy atom. The molecule has 2 aromatic carbocycles. The highest BCUT2D eigenvalue weighted by atomic mass is 35.5. The number of hydrogen-bond acceptors (Lipinski definition) is 4. The summed E-state index contributed by atoms with van der Waals surface area (Å²) < 4.78 is 6.39. The van der Waals surface area contributed by atoms with E-state index < -0.39 is 0 Å². The summed E-state index contributed by atoms with van der Waals surface area (Å²) in [5.74, 6) is 1.26. The molecule has 188 valence electrons. The van der Waals surface area contributed by atoms with Crippen molar-refractivity contribution in [1.29, 1.82) is 0 Å². The molecular formula is C28H24Cl2N4O2S. The summed E-state index contributed by atoms with van der Waals surface area (Å²) in [7, 11) is 0. The summed E-state index contributed by atoms with van der Waals surface area (Å²) in [4.78, 5) is 18.5. The molecule has 2 N–H and O–H groups in total. The van der Waals surface area contributed by atoms with Gasteiger partial charge in [-0.2, -0.15) is 0 Å². The van der Waals surface area contributed by atoms with Crippen LogP contribution in [0.25, 0.3) is 11.3 Å². The Balaban J connectivity index is 1.58. The van der Waals surface area contributed by atoms with Gasteiger partial charge in [-0.3, -0.25) is 9.78 Å². The summed E-state index contributed by atoms with van der Waals surface area (Å²) in [6.45, 7) is 3.78. The number of anilines is 2. The summed E-state index contributed by atoms with van der Waals surface area (Å²) in [5, 5.41) is 7.81. The first-order valence-electron chi connectivity index (χ1n) is 11.8. The van der Waals surface area contributed by atoms with E-state index >= 15 is 0 Å². The Morgan fingerprint density at radius 1 is 1.14 bits per heavy atom. The fourth-order valence-corrected chi connectivity index (χ4v) is 5.19. The standard InChI is InChI=1S/C28H24Cl2N4O2S/c1-3-24(35)32-20-11-10-17(15-16(20)2)34-27(26(33-28(34)37)21-9-4-5-14-31-21)23-13-12-22(36-23)18-7-6-8-19(29)25(18)30/h4-15,26-27H,3H2,1-2H3,(H,32,35)(H,33,37)/t26-,27-/m0/s1. The van der Waals surface area contributed by atoms with E-state index in [1.165, 1.54) is 0 Å². The number of nitrogens with one attached hydrogen (secondary N) is 2. The molecule has 0 unspecified atom stereocenters. The molecule has 3 heterocycles. The molecule has 37 heavy (non-hydrogen) atoms. The molecule has 4 aromatic rings. The predicted octanol–water partition coefficient (Wildman–Crippen LogP) is 7.48. The molecule has 1 aliphatic heterocycles. The molecule has 9 heteroatoms. The van der Waals surface area contributed by atoms with Gasteiger partial charge in [0.05, 0.1) is 21.8 Å². The van der Waals surface area contributed by atoms with Crippen molar-refractivity contribution in [1.82, 2.24) is 10.3 Å². The van der Waals surface area contributed by atoms with Crippen LogP contribution in [0.5, 0.6) is 0 Å². The lowest BCUT2D eigenvalue weighted by Crippen LogP contribution is -2.29. The first kappa shape index (κ1) is 25.3. The van der Waals surface area contributed by atoms with Gasteiger partial charge in [0.2, 0.25) is 5.91 Å². The zero-order valence-corrected chi connectivity index (χ0v) is 22.5. The van der Waals surface area contributed by atoms with Crippen molar-refractivity contribution in [2.75, 3.05) is 10.2 Å². The van der Waals surface area contributed by atoms with Crippen molar-refractivity contribution in [2.24, 2.45) is 0 Å². The third-order valence-corrected chi connectivity index (χ3v) is 7.45. The number of carbonyl (C=O) groups is 1. The van der Waals surface area contributed by atoms with Crippen molar-refractivity contribution in [3.8, 4) is 11.3 Å². The molecular weight excluding hydrogens is 527 g/mol. The van der Waals surface area contributed by atoms with Crippen molar-refractivity contribution in [2.45, 2.75) is 32.4 Å². The van der Waals surface area contributed by atoms with Crippen LogP contribution in [0.4, 0.5) is 11.4 Å². The maximum Gasteiger partial charge on any atom is 0.224 e. The molecule has 0 radical (unpaired) electrons. The van der Waals surface area contributed by atoms with Gasteiger partial charge in [0, 0.05) is 29.6 Å². The lowest BCUT2D eigenvalue weighted by molar-refractivity contribution is -0.115. The molecule has 0 spiro atoms. The van der Waals surface area contributed by atoms with E-state index in [1.54, 1.807) is 12.3 Å². The minimum atomic E-state index is -0.329. The van der Waals surface area contributed by atoms with E-state index in [9.17, 15) is 4.79 Å². The number of thiocarbonyl (C=S) groups is 1. The fraction of sp³-hybridized carbons (Fsp3) is 0.179. The van der Waals surface area contributed by atoms with Crippen LogP contribution in [0.1, 0.15) is 42.4 Å². The number of rotatable bonds is 6. The summed E-state index contributed by atoms with van der Waals surface area (Å²) in [6, 6.07) is 20.3. The number of nitrogens with zero attached hydrogens (tertiary/aromatic N) is 2. The second-order valence-electron chi connectivity index (χ2n) is 8.70. The Labute approximate surface area is 230 Å². The highest BCUT2D eigenvalue weighted by molar-refractivity contribution is 7.80. The van der Waals surface area contributed by atoms with Crippen LogP contribution in [0, 0.1) is 6.92 Å². The van der Waals surface area contributed by atoms with Crippen molar-refractivity contribution in [3.63, 3.8) is 0 Å². The Hall–Kier alpha value is -3.39. The third kappa shape index (κ3) is 4.94. The normalized spacial score (nSPS) is 17.1. The lowest BCUT2D eigenvalue weighted by atomic mass is 10.0. The Morgan fingerprint density at radius 3 is 2.70 bits per heavy atom. The topological polar surface area (TPSA) is 70.4 Å². The molecule has 2 aromatic heterocycles. The van der Waals surface area contributed by atoms with Crippen LogP contribution in [0.2, 0.25) is 10.0 Å². The first-order chi connectivity index (χ1) is 17.9. The molecule has 0 saturated carbocycles. The molecule has 1 saturated heterocycles. The quantitative estimate of drug-likeness (QED) is 0.242. The Kier molecular flexibility index (Phi) is 7.20. The van der Waals surface area contributed by atoms with Crippen LogP contribution in [0.3, 0.4) is 0 Å². The average Bonchev–Trinajstić information content (AvgIpc) is 3.52. The van der Waals surface area contributed by atoms with Gasteiger partial charge < -0.3 is 20.0 Å². The van der Waals surface area contributed by atoms with Crippen LogP contribution in [0.15, 0.2) is 77.3 Å². The largest absolute Gasteiger partial charge is 0.459 e. The third-order valence-electron chi connectivity index (χ3n) is 6.32. The molecule has 0 bridgehead atoms. The Bertz CT molecular complexity index is 1470. The first-order valence-corrected chi connectivity index (χ1v) is 13.0. The number of aryl methyl sites for hydroxylation is 1. The van der Waals surface area contributed by atoms with Crippen molar-refractivity contribution < 1.29 is 9.21 Å². The molecule has 6 nitrogen and oxygen atoms in total. The predicted molar refractivity (Wildman–Crippen MR) is 152 cm³/mol. The maximum absolute atomic E-state index is 11.9. The van der Waals surface area contributed by atoms with Gasteiger partial charge in [0.15, 0.2) is 5.11 Å². The zero-order valence-electron chi connectivity index (χ0n) is 20.2. The minimum Gasteiger partial charge on any atom is -0.459 e. The summed E-state index contributed by atoms with van der Waals surface area (Å²) in [6.07, 6.45) is 2.17. The van der Waals surface area contributed by atoms with Gasteiger partial charge in [-0.05, 0) is 79.3 Å². The number of aromatic nitrogens is 1. The van der Waals surface area contributed by atoms with E-state index in [0.29, 0.717) is 38.7 Å². The smallest absolute Gasteiger partial charge is 0.224 e.